The van der Waals surface area contributed by atoms with Crippen LogP contribution in [0.1, 0.15) is 29.7 Å². The lowest BCUT2D eigenvalue weighted by molar-refractivity contribution is -0.118. The van der Waals surface area contributed by atoms with Crippen molar-refractivity contribution in [2.75, 3.05) is 12.4 Å². The highest BCUT2D eigenvalue weighted by Crippen LogP contribution is 2.49. The Hall–Kier alpha value is -2.95. The zero-order valence-electron chi connectivity index (χ0n) is 15.2. The molecule has 0 bridgehead atoms. The summed E-state index contributed by atoms with van der Waals surface area (Å²) in [6.45, 7) is 3.99. The first-order chi connectivity index (χ1) is 12.5. The van der Waals surface area contributed by atoms with Crippen molar-refractivity contribution >= 4 is 22.8 Å². The number of rotatable bonds is 4. The number of aromatic nitrogens is 2. The minimum Gasteiger partial charge on any atom is -0.497 e. The molecule has 0 aliphatic heterocycles. The van der Waals surface area contributed by atoms with Gasteiger partial charge >= 0.3 is 0 Å². The van der Waals surface area contributed by atoms with Crippen molar-refractivity contribution in [2.45, 2.75) is 32.1 Å². The van der Waals surface area contributed by atoms with E-state index in [0.717, 1.165) is 40.8 Å². The highest BCUT2D eigenvalue weighted by atomic mass is 16.5. The molecule has 1 fully saturated rings. The average Bonchev–Trinajstić information content (AvgIpc) is 3.43. The second kappa shape index (κ2) is 6.09. The van der Waals surface area contributed by atoms with Crippen LogP contribution in [0.15, 0.2) is 42.5 Å². The van der Waals surface area contributed by atoms with Gasteiger partial charge in [-0.15, -0.1) is 0 Å². The lowest BCUT2D eigenvalue weighted by Gasteiger charge is -2.16. The molecule has 1 N–H and O–H groups in total. The molecule has 1 amide bonds. The molecule has 0 saturated heterocycles. The minimum atomic E-state index is -0.459. The highest BCUT2D eigenvalue weighted by Gasteiger charge is 2.51. The van der Waals surface area contributed by atoms with Crippen molar-refractivity contribution in [3.8, 4) is 5.75 Å². The van der Waals surface area contributed by atoms with Crippen LogP contribution in [-0.4, -0.2) is 23.0 Å². The van der Waals surface area contributed by atoms with Crippen molar-refractivity contribution in [2.24, 2.45) is 0 Å². The molecule has 0 unspecified atom stereocenters. The number of amides is 1. The van der Waals surface area contributed by atoms with Gasteiger partial charge in [0.25, 0.3) is 0 Å². The Morgan fingerprint density at radius 1 is 1.08 bits per heavy atom. The van der Waals surface area contributed by atoms with Crippen LogP contribution in [0.4, 0.5) is 5.82 Å². The molecule has 26 heavy (non-hydrogen) atoms. The van der Waals surface area contributed by atoms with Crippen LogP contribution in [0.2, 0.25) is 0 Å². The van der Waals surface area contributed by atoms with Crippen molar-refractivity contribution < 1.29 is 9.53 Å². The van der Waals surface area contributed by atoms with Crippen LogP contribution in [0.3, 0.4) is 0 Å². The third kappa shape index (κ3) is 2.79. The largest absolute Gasteiger partial charge is 0.497 e. The van der Waals surface area contributed by atoms with E-state index in [0.29, 0.717) is 11.5 Å². The first kappa shape index (κ1) is 16.5. The number of ether oxygens (including phenoxy) is 1. The van der Waals surface area contributed by atoms with E-state index in [-0.39, 0.29) is 5.91 Å². The van der Waals surface area contributed by atoms with E-state index in [2.05, 4.69) is 15.3 Å². The molecular weight excluding hydrogens is 326 g/mol. The van der Waals surface area contributed by atoms with Crippen LogP contribution in [0, 0.1) is 13.8 Å². The van der Waals surface area contributed by atoms with Gasteiger partial charge in [-0.05, 0) is 68.1 Å². The van der Waals surface area contributed by atoms with Crippen molar-refractivity contribution in [1.29, 1.82) is 0 Å². The Kier molecular flexibility index (Phi) is 3.87. The molecule has 1 aromatic carbocycles. The maximum Gasteiger partial charge on any atom is 0.236 e. The van der Waals surface area contributed by atoms with E-state index in [9.17, 15) is 4.79 Å². The van der Waals surface area contributed by atoms with Crippen molar-refractivity contribution in [3.63, 3.8) is 0 Å². The molecule has 1 saturated carbocycles. The molecule has 1 aliphatic rings. The SMILES string of the molecule is COc1ccc(C2(C(=O)Nc3ccc4c(C)cc(C)nc4n3)CC2)cc1. The third-order valence-electron chi connectivity index (χ3n) is 5.08. The summed E-state index contributed by atoms with van der Waals surface area (Å²) in [6.07, 6.45) is 1.68. The van der Waals surface area contributed by atoms with Gasteiger partial charge < -0.3 is 10.1 Å². The summed E-state index contributed by atoms with van der Waals surface area (Å²) in [4.78, 5) is 21.9. The zero-order valence-corrected chi connectivity index (χ0v) is 15.2. The second-order valence-corrected chi connectivity index (χ2v) is 6.91. The molecule has 2 heterocycles. The van der Waals surface area contributed by atoms with Gasteiger partial charge in [-0.1, -0.05) is 12.1 Å². The van der Waals surface area contributed by atoms with Gasteiger partial charge in [0, 0.05) is 11.1 Å². The molecule has 0 atom stereocenters. The molecule has 0 radical (unpaired) electrons. The predicted molar refractivity (Wildman–Crippen MR) is 102 cm³/mol. The maximum atomic E-state index is 12.9. The first-order valence-corrected chi connectivity index (χ1v) is 8.73. The van der Waals surface area contributed by atoms with E-state index < -0.39 is 5.41 Å². The fourth-order valence-electron chi connectivity index (χ4n) is 3.42. The summed E-state index contributed by atoms with van der Waals surface area (Å²) in [5.74, 6) is 1.32. The normalized spacial score (nSPS) is 14.9. The van der Waals surface area contributed by atoms with E-state index in [4.69, 9.17) is 4.74 Å². The molecule has 2 aromatic heterocycles. The summed E-state index contributed by atoms with van der Waals surface area (Å²) in [7, 11) is 1.64. The molecule has 0 spiro atoms. The molecule has 132 valence electrons. The van der Waals surface area contributed by atoms with Crippen LogP contribution >= 0.6 is 0 Å². The number of methoxy groups -OCH3 is 1. The van der Waals surface area contributed by atoms with E-state index in [1.807, 2.05) is 56.3 Å². The third-order valence-corrected chi connectivity index (χ3v) is 5.08. The summed E-state index contributed by atoms with van der Waals surface area (Å²) >= 11 is 0. The Morgan fingerprint density at radius 2 is 1.81 bits per heavy atom. The Bertz CT molecular complexity index is 992. The summed E-state index contributed by atoms with van der Waals surface area (Å²) in [6, 6.07) is 13.6. The van der Waals surface area contributed by atoms with Gasteiger partial charge in [0.05, 0.1) is 12.5 Å². The summed E-state index contributed by atoms with van der Waals surface area (Å²) in [5, 5.41) is 3.99. The molecule has 1 aliphatic carbocycles. The topological polar surface area (TPSA) is 64.1 Å². The Labute approximate surface area is 152 Å². The van der Waals surface area contributed by atoms with Gasteiger partial charge in [0.2, 0.25) is 5.91 Å². The van der Waals surface area contributed by atoms with Crippen molar-refractivity contribution in [3.05, 3.63) is 59.3 Å². The minimum absolute atomic E-state index is 0.0149. The number of hydrogen-bond acceptors (Lipinski definition) is 4. The maximum absolute atomic E-state index is 12.9. The quantitative estimate of drug-likeness (QED) is 0.777. The highest BCUT2D eigenvalue weighted by molar-refractivity contribution is 6.01. The summed E-state index contributed by atoms with van der Waals surface area (Å²) < 4.78 is 5.20. The molecule has 3 aromatic rings. The number of carbonyl (C=O) groups is 1. The molecule has 5 heteroatoms. The average molecular weight is 347 g/mol. The molecule has 5 nitrogen and oxygen atoms in total. The smallest absolute Gasteiger partial charge is 0.236 e. The Morgan fingerprint density at radius 3 is 2.46 bits per heavy atom. The number of benzene rings is 1. The monoisotopic (exact) mass is 347 g/mol. The number of carbonyl (C=O) groups excluding carboxylic acids is 1. The van der Waals surface area contributed by atoms with E-state index in [1.54, 1.807) is 7.11 Å². The van der Waals surface area contributed by atoms with Crippen LogP contribution in [0.25, 0.3) is 11.0 Å². The van der Waals surface area contributed by atoms with Gasteiger partial charge in [0.1, 0.15) is 11.6 Å². The standard InChI is InChI=1S/C21H21N3O2/c1-13-12-14(2)22-19-17(13)8-9-18(23-19)24-20(25)21(10-11-21)15-4-6-16(26-3)7-5-15/h4-9,12H,10-11H2,1-3H3,(H,22,23,24,25). The predicted octanol–water partition coefficient (Wildman–Crippen LogP) is 3.93. The fraction of sp³-hybridized carbons (Fsp3) is 0.286. The van der Waals surface area contributed by atoms with Gasteiger partial charge in [-0.2, -0.15) is 0 Å². The number of nitrogens with one attached hydrogen (secondary N) is 1. The number of hydrogen-bond donors (Lipinski definition) is 1. The molecular formula is C21H21N3O2. The Balaban J connectivity index is 1.60. The van der Waals surface area contributed by atoms with E-state index in [1.165, 1.54) is 0 Å². The zero-order chi connectivity index (χ0) is 18.3. The van der Waals surface area contributed by atoms with Crippen LogP contribution in [-0.2, 0) is 10.2 Å². The van der Waals surface area contributed by atoms with Crippen molar-refractivity contribution in [1.82, 2.24) is 9.97 Å². The summed E-state index contributed by atoms with van der Waals surface area (Å²) in [5.41, 5.74) is 3.27. The fourth-order valence-corrected chi connectivity index (χ4v) is 3.42. The van der Waals surface area contributed by atoms with Crippen LogP contribution < -0.4 is 10.1 Å². The number of fused-ring (bicyclic) bond motifs is 1. The number of nitrogens with zero attached hydrogens (tertiary/aromatic N) is 2. The lowest BCUT2D eigenvalue weighted by atomic mass is 9.95. The van der Waals surface area contributed by atoms with E-state index >= 15 is 0 Å². The number of pyridine rings is 2. The number of aryl methyl sites for hydroxylation is 2. The van der Waals surface area contributed by atoms with Gasteiger partial charge in [-0.3, -0.25) is 4.79 Å². The number of anilines is 1. The molecule has 4 rings (SSSR count). The van der Waals surface area contributed by atoms with Crippen LogP contribution in [0.5, 0.6) is 5.75 Å². The van der Waals surface area contributed by atoms with Gasteiger partial charge in [0.15, 0.2) is 5.65 Å². The lowest BCUT2D eigenvalue weighted by Crippen LogP contribution is -2.28. The first-order valence-electron chi connectivity index (χ1n) is 8.73. The van der Waals surface area contributed by atoms with Gasteiger partial charge in [-0.25, -0.2) is 9.97 Å². The second-order valence-electron chi connectivity index (χ2n) is 6.91.